The Morgan fingerprint density at radius 1 is 1.19 bits per heavy atom. The van der Waals surface area contributed by atoms with Crippen LogP contribution in [0, 0.1) is 12.8 Å². The lowest BCUT2D eigenvalue weighted by atomic mass is 10.1. The van der Waals surface area contributed by atoms with Crippen LogP contribution in [0.4, 0.5) is 0 Å². The van der Waals surface area contributed by atoms with E-state index in [-0.39, 0.29) is 11.9 Å². The molecule has 0 fully saturated rings. The molecule has 2 aromatic heterocycles. The van der Waals surface area contributed by atoms with E-state index in [0.717, 1.165) is 26.4 Å². The van der Waals surface area contributed by atoms with Gasteiger partial charge in [0.1, 0.15) is 16.2 Å². The molecule has 1 amide bonds. The van der Waals surface area contributed by atoms with Crippen LogP contribution in [0.2, 0.25) is 0 Å². The molecule has 4 nitrogen and oxygen atoms in total. The number of thiophene rings is 1. The van der Waals surface area contributed by atoms with Crippen molar-refractivity contribution < 1.29 is 4.79 Å². The minimum absolute atomic E-state index is 0.0371. The topological polar surface area (TPSA) is 54.9 Å². The summed E-state index contributed by atoms with van der Waals surface area (Å²) in [5, 5.41) is 7.06. The van der Waals surface area contributed by atoms with Crippen LogP contribution in [0.3, 0.4) is 0 Å². The van der Waals surface area contributed by atoms with Gasteiger partial charge in [0.2, 0.25) is 5.91 Å². The average molecular weight is 386 g/mol. The number of hydrogen-bond acceptors (Lipinski definition) is 5. The molecule has 0 spiro atoms. The molecule has 1 aromatic carbocycles. The molecule has 136 valence electrons. The number of carbonyl (C=O) groups excluding carboxylic acids is 1. The van der Waals surface area contributed by atoms with Crippen molar-refractivity contribution in [1.29, 1.82) is 0 Å². The van der Waals surface area contributed by atoms with Crippen molar-refractivity contribution in [3.63, 3.8) is 0 Å². The Morgan fingerprint density at radius 2 is 1.92 bits per heavy atom. The van der Waals surface area contributed by atoms with Crippen molar-refractivity contribution in [2.24, 2.45) is 5.92 Å². The second-order valence-corrected chi connectivity index (χ2v) is 8.59. The minimum Gasteiger partial charge on any atom is -0.353 e. The Bertz CT molecular complexity index is 903. The van der Waals surface area contributed by atoms with Gasteiger partial charge in [-0.05, 0) is 25.3 Å². The van der Waals surface area contributed by atoms with Crippen molar-refractivity contribution >= 4 is 39.2 Å². The summed E-state index contributed by atoms with van der Waals surface area (Å²) in [6.07, 6.45) is 1.58. The molecule has 0 aliphatic rings. The van der Waals surface area contributed by atoms with E-state index in [4.69, 9.17) is 0 Å². The molecule has 0 radical (unpaired) electrons. The summed E-state index contributed by atoms with van der Waals surface area (Å²) >= 11 is 3.08. The van der Waals surface area contributed by atoms with Gasteiger partial charge in [-0.2, -0.15) is 0 Å². The van der Waals surface area contributed by atoms with Crippen LogP contribution in [0.5, 0.6) is 0 Å². The molecular weight excluding hydrogens is 362 g/mol. The van der Waals surface area contributed by atoms with Crippen LogP contribution in [0.1, 0.15) is 26.3 Å². The molecule has 0 saturated carbocycles. The zero-order valence-electron chi connectivity index (χ0n) is 15.4. The van der Waals surface area contributed by atoms with Gasteiger partial charge in [0, 0.05) is 17.0 Å². The number of aromatic nitrogens is 2. The highest BCUT2D eigenvalue weighted by atomic mass is 32.2. The molecule has 0 aliphatic carbocycles. The molecule has 2 heterocycles. The van der Waals surface area contributed by atoms with E-state index in [1.54, 1.807) is 17.7 Å². The minimum atomic E-state index is 0.0371. The smallest absolute Gasteiger partial charge is 0.230 e. The Balaban J connectivity index is 1.84. The number of carbonyl (C=O) groups is 1. The standard InChI is InChI=1S/C20H23N3OS2/c1-12(2)14(4)23-17(24)10-26-20-18-16(9-25-19(18)21-11-22-20)15-7-5-13(3)6-8-15/h5-9,11-12,14H,10H2,1-4H3,(H,23,24). The van der Waals surface area contributed by atoms with Gasteiger partial charge < -0.3 is 5.32 Å². The number of benzene rings is 1. The third-order valence-electron chi connectivity index (χ3n) is 4.43. The van der Waals surface area contributed by atoms with Crippen molar-refractivity contribution in [3.05, 3.63) is 41.5 Å². The number of fused-ring (bicyclic) bond motifs is 1. The molecule has 0 aliphatic heterocycles. The third kappa shape index (κ3) is 4.24. The number of thioether (sulfide) groups is 1. The maximum atomic E-state index is 12.2. The van der Waals surface area contributed by atoms with Gasteiger partial charge in [-0.1, -0.05) is 55.4 Å². The van der Waals surface area contributed by atoms with Crippen LogP contribution in [0.25, 0.3) is 21.3 Å². The Kier molecular flexibility index (Phi) is 5.94. The number of nitrogens with zero attached hydrogens (tertiary/aromatic N) is 2. The molecule has 3 rings (SSSR count). The van der Waals surface area contributed by atoms with Gasteiger partial charge in [-0.3, -0.25) is 4.79 Å². The zero-order valence-corrected chi connectivity index (χ0v) is 17.1. The van der Waals surface area contributed by atoms with Gasteiger partial charge in [-0.15, -0.1) is 11.3 Å². The second-order valence-electron chi connectivity index (χ2n) is 6.76. The van der Waals surface area contributed by atoms with Crippen LogP contribution in [-0.4, -0.2) is 27.7 Å². The van der Waals surface area contributed by atoms with Crippen LogP contribution in [0.15, 0.2) is 41.0 Å². The molecule has 0 saturated heterocycles. The van der Waals surface area contributed by atoms with Crippen LogP contribution >= 0.6 is 23.1 Å². The number of amides is 1. The Labute approximate surface area is 162 Å². The van der Waals surface area contributed by atoms with Gasteiger partial charge in [0.15, 0.2) is 0 Å². The lowest BCUT2D eigenvalue weighted by Crippen LogP contribution is -2.37. The molecule has 1 atom stereocenters. The number of rotatable bonds is 6. The fraction of sp³-hybridized carbons (Fsp3) is 0.350. The van der Waals surface area contributed by atoms with Crippen molar-refractivity contribution in [2.45, 2.75) is 38.8 Å². The van der Waals surface area contributed by atoms with Crippen molar-refractivity contribution in [1.82, 2.24) is 15.3 Å². The predicted octanol–water partition coefficient (Wildman–Crippen LogP) is 4.92. The second kappa shape index (κ2) is 8.18. The van der Waals surface area contributed by atoms with E-state index in [9.17, 15) is 4.79 Å². The Hall–Kier alpha value is -1.92. The first kappa shape index (κ1) is 18.9. The molecule has 6 heteroatoms. The van der Waals surface area contributed by atoms with Crippen LogP contribution in [-0.2, 0) is 4.79 Å². The molecule has 1 N–H and O–H groups in total. The highest BCUT2D eigenvalue weighted by Gasteiger charge is 2.16. The normalized spacial score (nSPS) is 12.5. The van der Waals surface area contributed by atoms with Gasteiger partial charge in [-0.25, -0.2) is 9.97 Å². The number of hydrogen-bond donors (Lipinski definition) is 1. The quantitative estimate of drug-likeness (QED) is 0.483. The number of nitrogens with one attached hydrogen (secondary N) is 1. The molecular formula is C20H23N3OS2. The first-order valence-corrected chi connectivity index (χ1v) is 10.5. The monoisotopic (exact) mass is 385 g/mol. The van der Waals surface area contributed by atoms with E-state index in [2.05, 4.69) is 65.7 Å². The zero-order chi connectivity index (χ0) is 18.7. The molecule has 1 unspecified atom stereocenters. The first-order valence-electron chi connectivity index (χ1n) is 8.67. The van der Waals surface area contributed by atoms with Gasteiger partial charge in [0.25, 0.3) is 0 Å². The van der Waals surface area contributed by atoms with E-state index in [0.29, 0.717) is 11.7 Å². The fourth-order valence-corrected chi connectivity index (χ4v) is 4.30. The average Bonchev–Trinajstić information content (AvgIpc) is 3.05. The summed E-state index contributed by atoms with van der Waals surface area (Å²) in [6, 6.07) is 8.62. The number of aryl methyl sites for hydroxylation is 1. The maximum absolute atomic E-state index is 12.2. The van der Waals surface area contributed by atoms with Crippen LogP contribution < -0.4 is 5.32 Å². The summed E-state index contributed by atoms with van der Waals surface area (Å²) in [7, 11) is 0. The molecule has 26 heavy (non-hydrogen) atoms. The third-order valence-corrected chi connectivity index (χ3v) is 6.30. The summed E-state index contributed by atoms with van der Waals surface area (Å²) in [6.45, 7) is 8.32. The summed E-state index contributed by atoms with van der Waals surface area (Å²) in [5.74, 6) is 0.807. The highest BCUT2D eigenvalue weighted by molar-refractivity contribution is 8.00. The predicted molar refractivity (Wildman–Crippen MR) is 111 cm³/mol. The lowest BCUT2D eigenvalue weighted by molar-refractivity contribution is -0.119. The van der Waals surface area contributed by atoms with Crippen molar-refractivity contribution in [2.75, 3.05) is 5.75 Å². The summed E-state index contributed by atoms with van der Waals surface area (Å²) in [5.41, 5.74) is 3.51. The van der Waals surface area contributed by atoms with E-state index in [1.807, 2.05) is 6.92 Å². The molecule has 0 bridgehead atoms. The van der Waals surface area contributed by atoms with Gasteiger partial charge in [0.05, 0.1) is 11.1 Å². The SMILES string of the molecule is Cc1ccc(-c2csc3ncnc(SCC(=O)NC(C)C(C)C)c23)cc1. The highest BCUT2D eigenvalue weighted by Crippen LogP contribution is 2.37. The largest absolute Gasteiger partial charge is 0.353 e. The Morgan fingerprint density at radius 3 is 2.62 bits per heavy atom. The first-order chi connectivity index (χ1) is 12.5. The van der Waals surface area contributed by atoms with Gasteiger partial charge >= 0.3 is 0 Å². The van der Waals surface area contributed by atoms with E-state index >= 15 is 0 Å². The molecule has 3 aromatic rings. The van der Waals surface area contributed by atoms with E-state index < -0.39 is 0 Å². The lowest BCUT2D eigenvalue weighted by Gasteiger charge is -2.17. The van der Waals surface area contributed by atoms with E-state index in [1.165, 1.54) is 17.3 Å². The van der Waals surface area contributed by atoms with Crippen molar-refractivity contribution in [3.8, 4) is 11.1 Å². The maximum Gasteiger partial charge on any atom is 0.230 e. The fourth-order valence-electron chi connectivity index (χ4n) is 2.50. The summed E-state index contributed by atoms with van der Waals surface area (Å²) < 4.78 is 0. The summed E-state index contributed by atoms with van der Waals surface area (Å²) in [4.78, 5) is 22.0.